The molecule has 1 aromatic rings. The highest BCUT2D eigenvalue weighted by molar-refractivity contribution is 8.09. The number of allylic oxidation sites excluding steroid dienone is 2. The summed E-state index contributed by atoms with van der Waals surface area (Å²) < 4.78 is 39.5. The number of hydrogen-bond acceptors (Lipinski definition) is 4. The average Bonchev–Trinajstić information content (AvgIpc) is 3.06. The van der Waals surface area contributed by atoms with Gasteiger partial charge in [-0.3, -0.25) is 14.5 Å². The van der Waals surface area contributed by atoms with Crippen molar-refractivity contribution in [3.63, 3.8) is 0 Å². The molecule has 1 saturated carbocycles. The topological polar surface area (TPSA) is 59.3 Å². The Balaban J connectivity index is 1.28. The monoisotopic (exact) mass is 396 g/mol. The number of carbonyl (C=O) groups is 1. The minimum Gasteiger partial charge on any atom is -0.356 e. The molecule has 5 nitrogen and oxygen atoms in total. The minimum absolute atomic E-state index is 0.0282. The van der Waals surface area contributed by atoms with Gasteiger partial charge in [-0.1, -0.05) is 12.2 Å². The van der Waals surface area contributed by atoms with Crippen LogP contribution in [0, 0.1) is 17.8 Å². The average molecular weight is 396 g/mol. The highest BCUT2D eigenvalue weighted by Gasteiger charge is 2.57. The number of aryl methyl sites for hydroxylation is 1. The van der Waals surface area contributed by atoms with Gasteiger partial charge in [-0.2, -0.15) is 18.3 Å². The normalized spacial score (nSPS) is 28.4. The van der Waals surface area contributed by atoms with Crippen molar-refractivity contribution < 1.29 is 18.0 Å². The van der Waals surface area contributed by atoms with Crippen LogP contribution in [0.1, 0.15) is 24.2 Å². The molecular formula is C18H19F3N4OS. The number of thioether (sulfide) groups is 1. The smallest absolute Gasteiger partial charge is 0.356 e. The molecule has 3 heterocycles. The van der Waals surface area contributed by atoms with Gasteiger partial charge in [-0.05, 0) is 18.9 Å². The van der Waals surface area contributed by atoms with E-state index < -0.39 is 11.9 Å². The molecule has 4 unspecified atom stereocenters. The van der Waals surface area contributed by atoms with Gasteiger partial charge in [0.05, 0.1) is 11.6 Å². The maximum absolute atomic E-state index is 12.9. The molecule has 0 radical (unpaired) electrons. The van der Waals surface area contributed by atoms with Crippen LogP contribution in [0.5, 0.6) is 0 Å². The number of aliphatic imine (C=N–C) groups is 1. The zero-order chi connectivity index (χ0) is 19.2. The number of carbonyl (C=O) groups excluding carboxylic acids is 1. The van der Waals surface area contributed by atoms with Gasteiger partial charge in [-0.25, -0.2) is 0 Å². The molecule has 0 aromatic carbocycles. The van der Waals surface area contributed by atoms with Crippen molar-refractivity contribution in [3.8, 4) is 0 Å². The van der Waals surface area contributed by atoms with Crippen LogP contribution in [-0.2, 0) is 18.0 Å². The number of aromatic nitrogens is 2. The van der Waals surface area contributed by atoms with Gasteiger partial charge in [0.2, 0.25) is 5.91 Å². The van der Waals surface area contributed by atoms with Gasteiger partial charge in [0.25, 0.3) is 0 Å². The van der Waals surface area contributed by atoms with Crippen LogP contribution in [0.15, 0.2) is 29.4 Å². The molecule has 144 valence electrons. The van der Waals surface area contributed by atoms with E-state index >= 15 is 0 Å². The lowest BCUT2D eigenvalue weighted by molar-refractivity contribution is -0.143. The highest BCUT2D eigenvalue weighted by Crippen LogP contribution is 2.60. The molecule has 1 aliphatic carbocycles. The van der Waals surface area contributed by atoms with Gasteiger partial charge in [0, 0.05) is 48.0 Å². The summed E-state index contributed by atoms with van der Waals surface area (Å²) in [4.78, 5) is 17.1. The molecule has 3 aliphatic rings. The molecule has 4 atom stereocenters. The summed E-state index contributed by atoms with van der Waals surface area (Å²) in [7, 11) is 1.29. The molecule has 4 rings (SSSR count). The summed E-state index contributed by atoms with van der Waals surface area (Å²) in [5.74, 6) is 0.396. The number of amides is 1. The van der Waals surface area contributed by atoms with E-state index in [1.54, 1.807) is 6.20 Å². The number of nitrogens with zero attached hydrogens (tertiary/aromatic N) is 3. The van der Waals surface area contributed by atoms with Crippen molar-refractivity contribution in [3.05, 3.63) is 35.8 Å². The maximum atomic E-state index is 12.9. The van der Waals surface area contributed by atoms with Gasteiger partial charge >= 0.3 is 6.18 Å². The van der Waals surface area contributed by atoms with E-state index in [4.69, 9.17) is 0 Å². The van der Waals surface area contributed by atoms with Gasteiger partial charge < -0.3 is 5.32 Å². The molecule has 1 aromatic heterocycles. The Hall–Kier alpha value is -2.03. The van der Waals surface area contributed by atoms with Crippen LogP contribution in [0.4, 0.5) is 13.2 Å². The lowest BCUT2D eigenvalue weighted by Crippen LogP contribution is -2.27. The van der Waals surface area contributed by atoms with Crippen molar-refractivity contribution in [2.45, 2.75) is 24.3 Å². The van der Waals surface area contributed by atoms with Crippen LogP contribution in [-0.4, -0.2) is 33.7 Å². The van der Waals surface area contributed by atoms with Crippen molar-refractivity contribution in [1.29, 1.82) is 0 Å². The van der Waals surface area contributed by atoms with Crippen molar-refractivity contribution in [2.75, 3.05) is 6.54 Å². The Morgan fingerprint density at radius 2 is 2.22 bits per heavy atom. The van der Waals surface area contributed by atoms with E-state index in [2.05, 4.69) is 15.4 Å². The summed E-state index contributed by atoms with van der Waals surface area (Å²) in [6.45, 7) is 0.628. The third-order valence-corrected chi connectivity index (χ3v) is 6.53. The molecular weight excluding hydrogens is 377 g/mol. The first-order valence-electron chi connectivity index (χ1n) is 8.82. The zero-order valence-corrected chi connectivity index (χ0v) is 15.4. The summed E-state index contributed by atoms with van der Waals surface area (Å²) in [6.07, 6.45) is 5.04. The Morgan fingerprint density at radius 3 is 2.81 bits per heavy atom. The second-order valence-corrected chi connectivity index (χ2v) is 8.21. The summed E-state index contributed by atoms with van der Waals surface area (Å²) >= 11 is 1.45. The molecule has 9 heteroatoms. The van der Waals surface area contributed by atoms with E-state index in [-0.39, 0.29) is 23.0 Å². The second-order valence-electron chi connectivity index (χ2n) is 6.99. The SMILES string of the molecule is Cn1nc(C2=CC3C(S2)C3C(=O)NCCCC2C=CN=C2)cc1C(F)(F)F. The van der Waals surface area contributed by atoms with Crippen molar-refractivity contribution in [2.24, 2.45) is 29.8 Å². The third kappa shape index (κ3) is 3.69. The van der Waals surface area contributed by atoms with E-state index in [1.165, 1.54) is 18.8 Å². The van der Waals surface area contributed by atoms with Crippen LogP contribution in [0.25, 0.3) is 4.91 Å². The molecule has 0 saturated heterocycles. The van der Waals surface area contributed by atoms with Crippen LogP contribution in [0.3, 0.4) is 0 Å². The predicted molar refractivity (Wildman–Crippen MR) is 97.9 cm³/mol. The minimum atomic E-state index is -4.42. The van der Waals surface area contributed by atoms with Crippen LogP contribution < -0.4 is 5.32 Å². The maximum Gasteiger partial charge on any atom is 0.433 e. The first-order valence-corrected chi connectivity index (χ1v) is 9.70. The van der Waals surface area contributed by atoms with Crippen LogP contribution >= 0.6 is 11.8 Å². The van der Waals surface area contributed by atoms with E-state index in [0.29, 0.717) is 18.2 Å². The molecule has 1 N–H and O–H groups in total. The quantitative estimate of drug-likeness (QED) is 0.751. The number of halogens is 3. The number of alkyl halides is 3. The lowest BCUT2D eigenvalue weighted by Gasteiger charge is -2.08. The van der Waals surface area contributed by atoms with E-state index in [9.17, 15) is 18.0 Å². The van der Waals surface area contributed by atoms with Crippen molar-refractivity contribution in [1.82, 2.24) is 15.1 Å². The molecule has 1 amide bonds. The van der Waals surface area contributed by atoms with Gasteiger partial charge in [0.15, 0.2) is 0 Å². The molecule has 1 fully saturated rings. The number of fused-ring (bicyclic) bond motifs is 1. The molecule has 2 aliphatic heterocycles. The zero-order valence-electron chi connectivity index (χ0n) is 14.6. The predicted octanol–water partition coefficient (Wildman–Crippen LogP) is 3.25. The Labute approximate surface area is 158 Å². The van der Waals surface area contributed by atoms with Gasteiger partial charge in [-0.15, -0.1) is 11.8 Å². The Bertz CT molecular complexity index is 830. The fourth-order valence-corrected chi connectivity index (χ4v) is 5.06. The standard InChI is InChI=1S/C18H19F3N4OS/c1-25-14(18(19,20)21)8-12(24-25)13-7-11-15(16(11)27-13)17(26)23-5-2-3-10-4-6-22-9-10/h4,6-11,15-16H,2-3,5H2,1H3,(H,23,26). The molecule has 0 bridgehead atoms. The van der Waals surface area contributed by atoms with Crippen molar-refractivity contribution >= 4 is 28.8 Å². The Kier molecular flexibility index (Phi) is 4.65. The first-order chi connectivity index (χ1) is 12.8. The number of nitrogens with one attached hydrogen (secondary N) is 1. The largest absolute Gasteiger partial charge is 0.433 e. The summed E-state index contributed by atoms with van der Waals surface area (Å²) in [5.41, 5.74) is -0.441. The molecule has 0 spiro atoms. The second kappa shape index (κ2) is 6.85. The highest BCUT2D eigenvalue weighted by atomic mass is 32.2. The first kappa shape index (κ1) is 18.3. The fraction of sp³-hybridized carbons (Fsp3) is 0.500. The lowest BCUT2D eigenvalue weighted by atomic mass is 10.1. The third-order valence-electron chi connectivity index (χ3n) is 5.05. The summed E-state index contributed by atoms with van der Waals surface area (Å²) in [6, 6.07) is 1.07. The van der Waals surface area contributed by atoms with Gasteiger partial charge in [0.1, 0.15) is 5.69 Å². The molecule has 27 heavy (non-hydrogen) atoms. The number of hydrogen-bond donors (Lipinski definition) is 1. The van der Waals surface area contributed by atoms with Crippen LogP contribution in [0.2, 0.25) is 0 Å². The van der Waals surface area contributed by atoms with E-state index in [1.807, 2.05) is 18.4 Å². The van der Waals surface area contributed by atoms with E-state index in [0.717, 1.165) is 28.5 Å². The number of rotatable bonds is 6. The Morgan fingerprint density at radius 1 is 1.41 bits per heavy atom. The summed E-state index contributed by atoms with van der Waals surface area (Å²) in [5, 5.41) is 7.05. The fourth-order valence-electron chi connectivity index (χ4n) is 3.55.